The number of carboxylic acids is 1. The molecule has 27 heavy (non-hydrogen) atoms. The maximum Gasteiger partial charge on any atom is 0.326 e. The van der Waals surface area contributed by atoms with E-state index in [1.807, 2.05) is 12.1 Å². The summed E-state index contributed by atoms with van der Waals surface area (Å²) in [6, 6.07) is 12.5. The summed E-state index contributed by atoms with van der Waals surface area (Å²) in [5.74, 6) is -0.0251. The number of benzene rings is 2. The maximum atomic E-state index is 11.4. The van der Waals surface area contributed by atoms with E-state index in [9.17, 15) is 9.90 Å². The average molecular weight is 387 g/mol. The predicted molar refractivity (Wildman–Crippen MR) is 109 cm³/mol. The molecule has 1 aliphatic carbocycles. The van der Waals surface area contributed by atoms with Crippen LogP contribution in [0.3, 0.4) is 0 Å². The topological polar surface area (TPSA) is 90.2 Å². The van der Waals surface area contributed by atoms with E-state index in [0.717, 1.165) is 10.9 Å². The Hall–Kier alpha value is -2.40. The van der Waals surface area contributed by atoms with Crippen LogP contribution in [0, 0.1) is 10.8 Å². The third kappa shape index (κ3) is 4.14. The van der Waals surface area contributed by atoms with Crippen molar-refractivity contribution in [2.24, 2.45) is 11.1 Å². The fourth-order valence-corrected chi connectivity index (χ4v) is 3.53. The van der Waals surface area contributed by atoms with Crippen molar-refractivity contribution in [3.05, 3.63) is 47.5 Å². The lowest BCUT2D eigenvalue weighted by molar-refractivity contribution is -0.425. The molecule has 0 unspecified atom stereocenters. The Kier molecular flexibility index (Phi) is 5.24. The van der Waals surface area contributed by atoms with Crippen LogP contribution < -0.4 is 5.73 Å². The van der Waals surface area contributed by atoms with Crippen molar-refractivity contribution >= 4 is 39.5 Å². The number of nitrogens with zero attached hydrogens (tertiary/aromatic N) is 1. The van der Waals surface area contributed by atoms with Gasteiger partial charge in [-0.25, -0.2) is 4.58 Å². The quantitative estimate of drug-likeness (QED) is 0.300. The van der Waals surface area contributed by atoms with Gasteiger partial charge in [0.15, 0.2) is 5.84 Å². The van der Waals surface area contributed by atoms with Crippen LogP contribution in [-0.4, -0.2) is 26.8 Å². The second-order valence-electron chi connectivity index (χ2n) is 7.87. The van der Waals surface area contributed by atoms with Gasteiger partial charge in [0.05, 0.1) is 12.0 Å². The van der Waals surface area contributed by atoms with Gasteiger partial charge < -0.3 is 10.8 Å². The number of amidine groups is 2. The van der Waals surface area contributed by atoms with E-state index < -0.39 is 11.4 Å². The second kappa shape index (κ2) is 7.31. The van der Waals surface area contributed by atoms with Crippen molar-refractivity contribution < 1.29 is 14.5 Å². The molecule has 2 aromatic rings. The summed E-state index contributed by atoms with van der Waals surface area (Å²) in [6.07, 6.45) is 2.56. The number of carboxylic acid groups (broad SMARTS) is 1. The highest BCUT2D eigenvalue weighted by molar-refractivity contribution is 6.61. The van der Waals surface area contributed by atoms with Crippen LogP contribution in [0.5, 0.6) is 0 Å². The van der Waals surface area contributed by atoms with Crippen LogP contribution in [0.4, 0.5) is 0 Å². The Morgan fingerprint density at radius 3 is 2.44 bits per heavy atom. The summed E-state index contributed by atoms with van der Waals surface area (Å²) in [4.78, 5) is 11.4. The summed E-state index contributed by atoms with van der Waals surface area (Å²) >= 11 is 6.00. The van der Waals surface area contributed by atoms with Crippen LogP contribution in [0.15, 0.2) is 36.4 Å². The number of nitrogens with one attached hydrogen (secondary N) is 1. The minimum absolute atomic E-state index is 0.107. The van der Waals surface area contributed by atoms with E-state index in [0.29, 0.717) is 12.5 Å². The van der Waals surface area contributed by atoms with Crippen LogP contribution in [0.2, 0.25) is 0 Å². The van der Waals surface area contributed by atoms with Gasteiger partial charge in [-0.15, -0.1) is 5.41 Å². The first-order chi connectivity index (χ1) is 12.7. The lowest BCUT2D eigenvalue weighted by Gasteiger charge is -2.19. The van der Waals surface area contributed by atoms with Gasteiger partial charge in [-0.05, 0) is 66.1 Å². The highest BCUT2D eigenvalue weighted by atomic mass is 35.5. The van der Waals surface area contributed by atoms with E-state index in [1.165, 1.54) is 28.4 Å². The molecule has 0 bridgehead atoms. The largest absolute Gasteiger partial charge is 0.481 e. The molecule has 0 amide bonds. The van der Waals surface area contributed by atoms with Crippen LogP contribution >= 0.6 is 11.6 Å². The minimum Gasteiger partial charge on any atom is -0.481 e. The zero-order valence-electron chi connectivity index (χ0n) is 15.6. The number of hydrogen-bond acceptors (Lipinski definition) is 2. The molecule has 0 spiro atoms. The molecule has 0 atom stereocenters. The highest BCUT2D eigenvalue weighted by Crippen LogP contribution is 2.43. The fourth-order valence-electron chi connectivity index (χ4n) is 3.36. The SMILES string of the molecule is CC(C)(CC(N)=[N+](Cc1ccc(C2CC2)c2ccccc12)C(=N)Cl)C(=O)O. The van der Waals surface area contributed by atoms with E-state index in [4.69, 9.17) is 22.7 Å². The molecule has 0 aromatic heterocycles. The molecule has 4 N–H and O–H groups in total. The Bertz CT molecular complexity index is 946. The molecule has 0 radical (unpaired) electrons. The lowest BCUT2D eigenvalue weighted by atomic mass is 9.89. The minimum atomic E-state index is -1.04. The number of rotatable bonds is 6. The number of hydrogen-bond donors (Lipinski definition) is 3. The number of carbonyl (C=O) groups is 1. The van der Waals surface area contributed by atoms with Crippen molar-refractivity contribution in [2.45, 2.75) is 45.6 Å². The number of fused-ring (bicyclic) bond motifs is 1. The van der Waals surface area contributed by atoms with Gasteiger partial charge in [0.1, 0.15) is 0 Å². The first kappa shape index (κ1) is 19.4. The summed E-state index contributed by atoms with van der Waals surface area (Å²) in [6.45, 7) is 3.55. The molecule has 0 saturated heterocycles. The van der Waals surface area contributed by atoms with Crippen LogP contribution in [-0.2, 0) is 11.3 Å². The summed E-state index contributed by atoms with van der Waals surface area (Å²) < 4.78 is 1.48. The highest BCUT2D eigenvalue weighted by Gasteiger charge is 2.31. The van der Waals surface area contributed by atoms with Gasteiger partial charge in [-0.1, -0.05) is 36.4 Å². The van der Waals surface area contributed by atoms with Gasteiger partial charge in [0, 0.05) is 6.42 Å². The molecule has 6 heteroatoms. The molecule has 2 aromatic carbocycles. The normalized spacial score (nSPS) is 15.5. The van der Waals surface area contributed by atoms with Crippen molar-refractivity contribution in [1.82, 2.24) is 0 Å². The van der Waals surface area contributed by atoms with Crippen LogP contribution in [0.25, 0.3) is 10.8 Å². The Balaban J connectivity index is 2.01. The number of nitrogens with two attached hydrogens (primary N) is 1. The molecule has 3 rings (SSSR count). The lowest BCUT2D eigenvalue weighted by Crippen LogP contribution is -2.37. The van der Waals surface area contributed by atoms with Gasteiger partial charge in [0.2, 0.25) is 0 Å². The Morgan fingerprint density at radius 1 is 1.26 bits per heavy atom. The summed E-state index contributed by atoms with van der Waals surface area (Å²) in [5, 5.41) is 19.4. The molecular formula is C21H25ClN3O2+. The zero-order chi connectivity index (χ0) is 19.8. The smallest absolute Gasteiger partial charge is 0.326 e. The van der Waals surface area contributed by atoms with Gasteiger partial charge in [0.25, 0.3) is 0 Å². The molecule has 5 nitrogen and oxygen atoms in total. The molecule has 0 heterocycles. The average Bonchev–Trinajstić information content (AvgIpc) is 3.43. The zero-order valence-corrected chi connectivity index (χ0v) is 16.4. The third-order valence-corrected chi connectivity index (χ3v) is 5.38. The van der Waals surface area contributed by atoms with Crippen molar-refractivity contribution in [1.29, 1.82) is 5.41 Å². The first-order valence-corrected chi connectivity index (χ1v) is 9.45. The Morgan fingerprint density at radius 2 is 1.89 bits per heavy atom. The first-order valence-electron chi connectivity index (χ1n) is 9.07. The maximum absolute atomic E-state index is 11.4. The summed E-state index contributed by atoms with van der Waals surface area (Å²) in [5.41, 5.74) is 7.52. The molecule has 1 fully saturated rings. The van der Waals surface area contributed by atoms with E-state index in [2.05, 4.69) is 24.3 Å². The molecule has 1 saturated carbocycles. The fraction of sp³-hybridized carbons (Fsp3) is 0.381. The van der Waals surface area contributed by atoms with Gasteiger partial charge >= 0.3 is 11.3 Å². The van der Waals surface area contributed by atoms with E-state index in [1.54, 1.807) is 13.8 Å². The van der Waals surface area contributed by atoms with E-state index >= 15 is 0 Å². The van der Waals surface area contributed by atoms with Crippen molar-refractivity contribution in [3.63, 3.8) is 0 Å². The Labute approximate surface area is 164 Å². The standard InChI is InChI=1S/C21H24ClN3O2/c1-21(2,19(26)27)11-18(23)25(20(22)24)12-14-9-10-16(13-7-8-13)17-6-4-3-5-15(14)17/h3-6,9-10,13,23-24H,7-8,11-12H2,1-2H3,(H,26,27)/p+1. The second-order valence-corrected chi connectivity index (χ2v) is 8.23. The number of halogens is 1. The molecule has 0 aliphatic heterocycles. The third-order valence-electron chi connectivity index (χ3n) is 5.18. The molecule has 142 valence electrons. The van der Waals surface area contributed by atoms with E-state index in [-0.39, 0.29) is 17.6 Å². The molecular weight excluding hydrogens is 362 g/mol. The van der Waals surface area contributed by atoms with Gasteiger partial charge in [-0.3, -0.25) is 4.79 Å². The van der Waals surface area contributed by atoms with Gasteiger partial charge in [-0.2, -0.15) is 0 Å². The molecule has 1 aliphatic rings. The number of aliphatic carboxylic acids is 1. The van der Waals surface area contributed by atoms with Crippen molar-refractivity contribution in [2.75, 3.05) is 0 Å². The van der Waals surface area contributed by atoms with Crippen molar-refractivity contribution in [3.8, 4) is 0 Å². The summed E-state index contributed by atoms with van der Waals surface area (Å²) in [7, 11) is 0. The van der Waals surface area contributed by atoms with Crippen LogP contribution in [0.1, 0.15) is 50.2 Å². The predicted octanol–water partition coefficient (Wildman–Crippen LogP) is 4.26. The monoisotopic (exact) mass is 386 g/mol.